The molecule has 0 atom stereocenters. The van der Waals surface area contributed by atoms with Gasteiger partial charge in [0.25, 0.3) is 0 Å². The normalized spacial score (nSPS) is 10.2. The van der Waals surface area contributed by atoms with E-state index in [1.54, 1.807) is 12.4 Å². The lowest BCUT2D eigenvalue weighted by Crippen LogP contribution is -2.01. The molecule has 1 radical (unpaired) electrons. The smallest absolute Gasteiger partial charge is 0.244 e. The number of rotatable bonds is 1. The van der Waals surface area contributed by atoms with Crippen molar-refractivity contribution in [2.24, 2.45) is 0 Å². The Hall–Kier alpha value is -1.48. The molecule has 1 aromatic heterocycles. The number of hydrogen-bond acceptors (Lipinski definition) is 3. The summed E-state index contributed by atoms with van der Waals surface area (Å²) in [4.78, 5) is 21.6. The second-order valence-corrected chi connectivity index (χ2v) is 3.60. The highest BCUT2D eigenvalue weighted by molar-refractivity contribution is 7.16. The Kier molecular flexibility index (Phi) is 1.94. The van der Waals surface area contributed by atoms with E-state index in [1.807, 2.05) is 24.3 Å². The molecule has 0 aliphatic carbocycles. The fraction of sp³-hybridized carbons (Fsp3) is 0. The third-order valence-electron chi connectivity index (χ3n) is 1.75. The van der Waals surface area contributed by atoms with Crippen LogP contribution in [0.4, 0.5) is 0 Å². The van der Waals surface area contributed by atoms with Gasteiger partial charge in [-0.25, -0.2) is 0 Å². The van der Waals surface area contributed by atoms with Crippen LogP contribution in [-0.2, 0) is 4.79 Å². The second-order valence-electron chi connectivity index (χ2n) is 2.59. The van der Waals surface area contributed by atoms with Crippen molar-refractivity contribution < 1.29 is 4.79 Å². The molecule has 13 heavy (non-hydrogen) atoms. The zero-order chi connectivity index (χ0) is 9.26. The maximum atomic E-state index is 11.2. The van der Waals surface area contributed by atoms with E-state index in [0.717, 1.165) is 21.4 Å². The highest BCUT2D eigenvalue weighted by Crippen LogP contribution is 2.15. The first-order valence-electron chi connectivity index (χ1n) is 3.72. The van der Waals surface area contributed by atoms with Gasteiger partial charge in [0.15, 0.2) is 0 Å². The first kappa shape index (κ1) is 8.13. The number of benzene rings is 1. The Morgan fingerprint density at radius 3 is 2.77 bits per heavy atom. The second kappa shape index (κ2) is 3.11. The van der Waals surface area contributed by atoms with Crippen LogP contribution in [-0.4, -0.2) is 6.29 Å². The van der Waals surface area contributed by atoms with Crippen molar-refractivity contribution in [3.05, 3.63) is 45.4 Å². The van der Waals surface area contributed by atoms with Crippen molar-refractivity contribution in [3.63, 3.8) is 0 Å². The maximum Gasteiger partial charge on any atom is 0.244 e. The third kappa shape index (κ3) is 1.38. The summed E-state index contributed by atoms with van der Waals surface area (Å²) in [6.07, 6.45) is 1.64. The van der Waals surface area contributed by atoms with Crippen molar-refractivity contribution >= 4 is 27.7 Å². The fourth-order valence-electron chi connectivity index (χ4n) is 1.13. The van der Waals surface area contributed by atoms with Crippen LogP contribution < -0.4 is 4.74 Å². The molecule has 0 saturated carbocycles. The van der Waals surface area contributed by atoms with Gasteiger partial charge in [-0.1, -0.05) is 29.5 Å². The molecule has 2 rings (SSSR count). The molecule has 2 aromatic rings. The third-order valence-corrected chi connectivity index (χ3v) is 2.75. The van der Waals surface area contributed by atoms with Crippen LogP contribution >= 0.6 is 11.3 Å². The Morgan fingerprint density at radius 1 is 1.23 bits per heavy atom. The summed E-state index contributed by atoms with van der Waals surface area (Å²) in [6, 6.07) is 9.03. The first-order chi connectivity index (χ1) is 6.31. The van der Waals surface area contributed by atoms with Crippen molar-refractivity contribution in [2.45, 2.75) is 0 Å². The molecule has 0 spiro atoms. The molecule has 0 N–H and O–H groups in total. The quantitative estimate of drug-likeness (QED) is 0.684. The summed E-state index contributed by atoms with van der Waals surface area (Å²) in [5.41, 5.74) is 0.115. The molecule has 0 unspecified atom stereocenters. The highest BCUT2D eigenvalue weighted by Gasteiger charge is 2.01. The van der Waals surface area contributed by atoms with Gasteiger partial charge in [-0.3, -0.25) is 9.59 Å². The molecule has 0 amide bonds. The van der Waals surface area contributed by atoms with Crippen LogP contribution in [0.1, 0.15) is 5.56 Å². The largest absolute Gasteiger partial charge is 0.285 e. The lowest BCUT2D eigenvalue weighted by Gasteiger charge is -1.94. The zero-order valence-corrected chi connectivity index (χ0v) is 7.43. The van der Waals surface area contributed by atoms with E-state index in [4.69, 9.17) is 0 Å². The number of hydrogen-bond donors (Lipinski definition) is 0. The zero-order valence-electron chi connectivity index (χ0n) is 6.61. The van der Waals surface area contributed by atoms with Crippen LogP contribution in [0.15, 0.2) is 35.1 Å². The van der Waals surface area contributed by atoms with Crippen LogP contribution in [0.5, 0.6) is 0 Å². The van der Waals surface area contributed by atoms with Gasteiger partial charge in [-0.15, -0.1) is 0 Å². The summed E-state index contributed by atoms with van der Waals surface area (Å²) >= 11 is 1.07. The molecule has 1 heterocycles. The minimum absolute atomic E-state index is 0.115. The Bertz CT molecular complexity index is 514. The minimum atomic E-state index is -0.228. The SMILES string of the molecule is O=[C]c1cc2ccccc2sc1=O. The van der Waals surface area contributed by atoms with E-state index in [9.17, 15) is 9.59 Å². The molecular weight excluding hydrogens is 184 g/mol. The van der Waals surface area contributed by atoms with Crippen molar-refractivity contribution in [1.82, 2.24) is 0 Å². The van der Waals surface area contributed by atoms with E-state index in [1.165, 1.54) is 0 Å². The summed E-state index contributed by atoms with van der Waals surface area (Å²) in [7, 11) is 0. The number of carbonyl (C=O) groups excluding carboxylic acids is 1. The lowest BCUT2D eigenvalue weighted by molar-refractivity contribution is 0.562. The number of fused-ring (bicyclic) bond motifs is 1. The summed E-state index contributed by atoms with van der Waals surface area (Å²) in [5, 5.41) is 0.908. The Balaban J connectivity index is 2.89. The monoisotopic (exact) mass is 189 g/mol. The van der Waals surface area contributed by atoms with Gasteiger partial charge in [0.2, 0.25) is 11.0 Å². The predicted octanol–water partition coefficient (Wildman–Crippen LogP) is 1.72. The van der Waals surface area contributed by atoms with Crippen LogP contribution in [0.3, 0.4) is 0 Å². The van der Waals surface area contributed by atoms with Crippen molar-refractivity contribution in [1.29, 1.82) is 0 Å². The average Bonchev–Trinajstić information content (AvgIpc) is 2.17. The van der Waals surface area contributed by atoms with E-state index >= 15 is 0 Å². The summed E-state index contributed by atoms with van der Waals surface area (Å²) < 4.78 is 0.667. The minimum Gasteiger partial charge on any atom is -0.285 e. The van der Waals surface area contributed by atoms with Gasteiger partial charge in [0.1, 0.15) is 0 Å². The van der Waals surface area contributed by atoms with E-state index in [0.29, 0.717) is 0 Å². The molecular formula is C10H5O2S. The average molecular weight is 189 g/mol. The fourth-order valence-corrected chi connectivity index (χ4v) is 1.93. The highest BCUT2D eigenvalue weighted by atomic mass is 32.1. The van der Waals surface area contributed by atoms with Gasteiger partial charge < -0.3 is 0 Å². The van der Waals surface area contributed by atoms with Crippen LogP contribution in [0.2, 0.25) is 0 Å². The molecule has 2 nitrogen and oxygen atoms in total. The van der Waals surface area contributed by atoms with Gasteiger partial charge in [-0.2, -0.15) is 0 Å². The first-order valence-corrected chi connectivity index (χ1v) is 4.54. The van der Waals surface area contributed by atoms with Gasteiger partial charge in [0.05, 0.1) is 5.56 Å². The summed E-state index contributed by atoms with van der Waals surface area (Å²) in [5.74, 6) is 0. The van der Waals surface area contributed by atoms with E-state index < -0.39 is 0 Å². The molecule has 0 saturated heterocycles. The molecule has 0 bridgehead atoms. The van der Waals surface area contributed by atoms with Crippen molar-refractivity contribution in [3.8, 4) is 0 Å². The van der Waals surface area contributed by atoms with E-state index in [-0.39, 0.29) is 10.3 Å². The molecule has 3 heteroatoms. The van der Waals surface area contributed by atoms with Crippen LogP contribution in [0.25, 0.3) is 10.1 Å². The van der Waals surface area contributed by atoms with Gasteiger partial charge in [-0.05, 0) is 17.5 Å². The molecule has 0 aliphatic heterocycles. The molecule has 0 aliphatic rings. The maximum absolute atomic E-state index is 11.2. The standard InChI is InChI=1S/C10H5O2S/c11-6-8-5-7-3-1-2-4-9(7)13-10(8)12/h1-5H. The Labute approximate surface area is 78.5 Å². The lowest BCUT2D eigenvalue weighted by atomic mass is 10.2. The molecule has 1 aromatic carbocycles. The van der Waals surface area contributed by atoms with Crippen LogP contribution in [0, 0.1) is 0 Å². The van der Waals surface area contributed by atoms with Gasteiger partial charge >= 0.3 is 0 Å². The van der Waals surface area contributed by atoms with Crippen molar-refractivity contribution in [2.75, 3.05) is 0 Å². The Morgan fingerprint density at radius 2 is 2.00 bits per heavy atom. The van der Waals surface area contributed by atoms with E-state index in [2.05, 4.69) is 0 Å². The molecule has 63 valence electrons. The van der Waals surface area contributed by atoms with Gasteiger partial charge in [0, 0.05) is 4.70 Å². The summed E-state index contributed by atoms with van der Waals surface area (Å²) in [6.45, 7) is 0. The topological polar surface area (TPSA) is 34.1 Å². The molecule has 0 fully saturated rings. The predicted molar refractivity (Wildman–Crippen MR) is 52.9 cm³/mol.